The van der Waals surface area contributed by atoms with Gasteiger partial charge >= 0.3 is 6.09 Å². The van der Waals surface area contributed by atoms with Gasteiger partial charge in [0.2, 0.25) is 0 Å². The van der Waals surface area contributed by atoms with E-state index in [1.165, 1.54) is 11.1 Å². The van der Waals surface area contributed by atoms with E-state index < -0.39 is 5.60 Å². The first-order chi connectivity index (χ1) is 8.76. The molecule has 2 rings (SSSR count). The van der Waals surface area contributed by atoms with Gasteiger partial charge in [-0.25, -0.2) is 4.79 Å². The van der Waals surface area contributed by atoms with E-state index in [0.717, 1.165) is 10.9 Å². The molecule has 1 aliphatic heterocycles. The third kappa shape index (κ3) is 3.50. The largest absolute Gasteiger partial charge is 0.444 e. The Morgan fingerprint density at radius 2 is 2.05 bits per heavy atom. The summed E-state index contributed by atoms with van der Waals surface area (Å²) in [7, 11) is 0. The molecule has 1 unspecified atom stereocenters. The molecule has 104 valence electrons. The number of ether oxygens (including phenoxy) is 1. The average Bonchev–Trinajstić information content (AvgIpc) is 2.26. The second-order valence-corrected chi connectivity index (χ2v) is 6.99. The maximum Gasteiger partial charge on any atom is 0.410 e. The highest BCUT2D eigenvalue weighted by atomic mass is 79.9. The molecule has 0 aromatic heterocycles. The zero-order valence-electron chi connectivity index (χ0n) is 11.9. The Balaban J connectivity index is 2.19. The number of amides is 1. The molecule has 3 nitrogen and oxygen atoms in total. The standard InChI is InChI=1S/C15H20BrNO2/c1-10-7-11-5-6-13(16)8-12(11)9-17(10)14(18)19-15(2,3)4/h5-6,8,10H,7,9H2,1-4H3. The number of nitrogens with zero attached hydrogens (tertiary/aromatic N) is 1. The zero-order valence-corrected chi connectivity index (χ0v) is 13.5. The van der Waals surface area contributed by atoms with E-state index in [4.69, 9.17) is 4.74 Å². The van der Waals surface area contributed by atoms with Crippen LogP contribution in [0.4, 0.5) is 4.79 Å². The van der Waals surface area contributed by atoms with E-state index in [1.54, 1.807) is 4.90 Å². The number of carbonyl (C=O) groups excluding carboxylic acids is 1. The molecule has 1 aromatic rings. The summed E-state index contributed by atoms with van der Waals surface area (Å²) in [6, 6.07) is 6.43. The fourth-order valence-corrected chi connectivity index (χ4v) is 2.68. The van der Waals surface area contributed by atoms with Crippen molar-refractivity contribution in [1.82, 2.24) is 4.90 Å². The zero-order chi connectivity index (χ0) is 14.2. The first kappa shape index (κ1) is 14.4. The SMILES string of the molecule is CC1Cc2ccc(Br)cc2CN1C(=O)OC(C)(C)C. The maximum atomic E-state index is 12.2. The average molecular weight is 326 g/mol. The Hall–Kier alpha value is -1.03. The van der Waals surface area contributed by atoms with Gasteiger partial charge in [0.15, 0.2) is 0 Å². The van der Waals surface area contributed by atoms with Crippen LogP contribution >= 0.6 is 15.9 Å². The molecular weight excluding hydrogens is 306 g/mol. The molecular formula is C15H20BrNO2. The Labute approximate surface area is 123 Å². The minimum absolute atomic E-state index is 0.170. The van der Waals surface area contributed by atoms with E-state index in [9.17, 15) is 4.79 Å². The van der Waals surface area contributed by atoms with Crippen LogP contribution in [0.2, 0.25) is 0 Å². The van der Waals surface area contributed by atoms with E-state index >= 15 is 0 Å². The summed E-state index contributed by atoms with van der Waals surface area (Å²) in [4.78, 5) is 14.0. The molecule has 1 aliphatic rings. The minimum Gasteiger partial charge on any atom is -0.444 e. The number of rotatable bonds is 0. The molecule has 0 fully saturated rings. The Morgan fingerprint density at radius 1 is 1.37 bits per heavy atom. The fraction of sp³-hybridized carbons (Fsp3) is 0.533. The lowest BCUT2D eigenvalue weighted by Gasteiger charge is -2.36. The molecule has 0 radical (unpaired) electrons. The third-order valence-electron chi connectivity index (χ3n) is 3.18. The van der Waals surface area contributed by atoms with Crippen molar-refractivity contribution < 1.29 is 9.53 Å². The smallest absolute Gasteiger partial charge is 0.410 e. The summed E-state index contributed by atoms with van der Waals surface area (Å²) in [5.74, 6) is 0. The predicted octanol–water partition coefficient (Wildman–Crippen LogP) is 4.13. The number of halogens is 1. The summed E-state index contributed by atoms with van der Waals surface area (Å²) in [5, 5.41) is 0. The lowest BCUT2D eigenvalue weighted by atomic mass is 9.95. The third-order valence-corrected chi connectivity index (χ3v) is 3.68. The second-order valence-electron chi connectivity index (χ2n) is 6.07. The van der Waals surface area contributed by atoms with Gasteiger partial charge in [0.1, 0.15) is 5.60 Å². The summed E-state index contributed by atoms with van der Waals surface area (Å²) < 4.78 is 6.51. The summed E-state index contributed by atoms with van der Waals surface area (Å²) in [5.41, 5.74) is 2.06. The summed E-state index contributed by atoms with van der Waals surface area (Å²) >= 11 is 3.48. The summed E-state index contributed by atoms with van der Waals surface area (Å²) in [6.07, 6.45) is 0.646. The first-order valence-corrected chi connectivity index (χ1v) is 7.32. The van der Waals surface area contributed by atoms with E-state index in [2.05, 4.69) is 41.1 Å². The van der Waals surface area contributed by atoms with Crippen LogP contribution in [0, 0.1) is 0 Å². The van der Waals surface area contributed by atoms with E-state index in [0.29, 0.717) is 6.54 Å². The Kier molecular flexibility index (Phi) is 3.90. The van der Waals surface area contributed by atoms with E-state index in [1.807, 2.05) is 20.8 Å². The molecule has 1 aromatic carbocycles. The lowest BCUT2D eigenvalue weighted by Crippen LogP contribution is -2.45. The molecule has 1 heterocycles. The van der Waals surface area contributed by atoms with Crippen molar-refractivity contribution >= 4 is 22.0 Å². The minimum atomic E-state index is -0.450. The van der Waals surface area contributed by atoms with Gasteiger partial charge in [0.05, 0.1) is 0 Å². The van der Waals surface area contributed by atoms with Crippen LogP contribution in [0.25, 0.3) is 0 Å². The van der Waals surface area contributed by atoms with Gasteiger partial charge in [-0.3, -0.25) is 0 Å². The van der Waals surface area contributed by atoms with Gasteiger partial charge < -0.3 is 9.64 Å². The number of fused-ring (bicyclic) bond motifs is 1. The van der Waals surface area contributed by atoms with Crippen molar-refractivity contribution in [2.45, 2.75) is 52.3 Å². The Morgan fingerprint density at radius 3 is 2.68 bits per heavy atom. The highest BCUT2D eigenvalue weighted by Gasteiger charge is 2.30. The molecule has 4 heteroatoms. The fourth-order valence-electron chi connectivity index (χ4n) is 2.27. The number of hydrogen-bond donors (Lipinski definition) is 0. The molecule has 1 atom stereocenters. The normalized spacial score (nSPS) is 19.0. The monoisotopic (exact) mass is 325 g/mol. The quantitative estimate of drug-likeness (QED) is 0.717. The molecule has 1 amide bonds. The number of carbonyl (C=O) groups is 1. The molecule has 0 N–H and O–H groups in total. The van der Waals surface area contributed by atoms with Crippen LogP contribution in [0.1, 0.15) is 38.8 Å². The van der Waals surface area contributed by atoms with Crippen LogP contribution < -0.4 is 0 Å². The Bertz CT molecular complexity index is 493. The van der Waals surface area contributed by atoms with Crippen molar-refractivity contribution in [3.63, 3.8) is 0 Å². The highest BCUT2D eigenvalue weighted by molar-refractivity contribution is 9.10. The van der Waals surface area contributed by atoms with Crippen LogP contribution in [0.15, 0.2) is 22.7 Å². The van der Waals surface area contributed by atoms with Crippen LogP contribution in [0.3, 0.4) is 0 Å². The van der Waals surface area contributed by atoms with Gasteiger partial charge in [-0.2, -0.15) is 0 Å². The lowest BCUT2D eigenvalue weighted by molar-refractivity contribution is 0.0138. The maximum absolute atomic E-state index is 12.2. The molecule has 0 spiro atoms. The molecule has 19 heavy (non-hydrogen) atoms. The van der Waals surface area contributed by atoms with Crippen molar-refractivity contribution in [1.29, 1.82) is 0 Å². The van der Waals surface area contributed by atoms with Gasteiger partial charge in [-0.05, 0) is 57.4 Å². The first-order valence-electron chi connectivity index (χ1n) is 6.53. The van der Waals surface area contributed by atoms with Crippen LogP contribution in [-0.2, 0) is 17.7 Å². The van der Waals surface area contributed by atoms with Gasteiger partial charge in [-0.15, -0.1) is 0 Å². The topological polar surface area (TPSA) is 29.5 Å². The number of benzene rings is 1. The predicted molar refractivity (Wildman–Crippen MR) is 79.1 cm³/mol. The van der Waals surface area contributed by atoms with Gasteiger partial charge in [0.25, 0.3) is 0 Å². The van der Waals surface area contributed by atoms with Crippen LogP contribution in [-0.4, -0.2) is 22.6 Å². The summed E-state index contributed by atoms with van der Waals surface area (Å²) in [6.45, 7) is 8.36. The van der Waals surface area contributed by atoms with Crippen molar-refractivity contribution in [3.8, 4) is 0 Å². The van der Waals surface area contributed by atoms with Crippen LogP contribution in [0.5, 0.6) is 0 Å². The number of hydrogen-bond acceptors (Lipinski definition) is 2. The van der Waals surface area contributed by atoms with E-state index in [-0.39, 0.29) is 12.1 Å². The van der Waals surface area contributed by atoms with Gasteiger partial charge in [0, 0.05) is 17.1 Å². The van der Waals surface area contributed by atoms with Crippen molar-refractivity contribution in [2.24, 2.45) is 0 Å². The van der Waals surface area contributed by atoms with Crippen molar-refractivity contribution in [2.75, 3.05) is 0 Å². The van der Waals surface area contributed by atoms with Gasteiger partial charge in [-0.1, -0.05) is 22.0 Å². The van der Waals surface area contributed by atoms with Crippen molar-refractivity contribution in [3.05, 3.63) is 33.8 Å². The molecule has 0 bridgehead atoms. The molecule has 0 aliphatic carbocycles. The highest BCUT2D eigenvalue weighted by Crippen LogP contribution is 2.27. The molecule has 0 saturated heterocycles. The molecule has 0 saturated carbocycles. The second kappa shape index (κ2) is 5.16.